The molecule has 0 aliphatic carbocycles. The van der Waals surface area contributed by atoms with Crippen LogP contribution >= 0.6 is 0 Å². The summed E-state index contributed by atoms with van der Waals surface area (Å²) in [6.07, 6.45) is 6.22. The van der Waals surface area contributed by atoms with Gasteiger partial charge in [-0.1, -0.05) is 6.07 Å². The molecule has 0 spiro atoms. The van der Waals surface area contributed by atoms with Crippen LogP contribution in [-0.2, 0) is 9.53 Å². The van der Waals surface area contributed by atoms with Crippen molar-refractivity contribution in [3.05, 3.63) is 24.3 Å². The first-order valence-corrected chi connectivity index (χ1v) is 10.6. The lowest BCUT2D eigenvalue weighted by Crippen LogP contribution is -2.50. The fraction of sp³-hybridized carbons (Fsp3) is 0.682. The molecule has 4 rings (SSSR count). The number of amides is 1. The highest BCUT2D eigenvalue weighted by Crippen LogP contribution is 2.29. The predicted molar refractivity (Wildman–Crippen MR) is 109 cm³/mol. The van der Waals surface area contributed by atoms with Crippen molar-refractivity contribution in [3.8, 4) is 0 Å². The van der Waals surface area contributed by atoms with E-state index in [4.69, 9.17) is 4.74 Å². The Morgan fingerprint density at radius 1 is 1.07 bits per heavy atom. The number of hydrogen-bond acceptors (Lipinski definition) is 4. The second-order valence-corrected chi connectivity index (χ2v) is 8.89. The molecule has 1 aromatic rings. The smallest absolute Gasteiger partial charge is 0.227 e. The highest BCUT2D eigenvalue weighted by atomic mass is 16.5. The fourth-order valence-corrected chi connectivity index (χ4v) is 4.79. The summed E-state index contributed by atoms with van der Waals surface area (Å²) in [6.45, 7) is 8.26. The molecule has 3 fully saturated rings. The van der Waals surface area contributed by atoms with E-state index < -0.39 is 0 Å². The van der Waals surface area contributed by atoms with Gasteiger partial charge in [-0.05, 0) is 64.2 Å². The minimum absolute atomic E-state index is 0.00403. The Bertz CT molecular complexity index is 667. The second kappa shape index (κ2) is 7.80. The molecule has 3 aliphatic rings. The Hall–Kier alpha value is -1.59. The maximum absolute atomic E-state index is 12.0. The van der Waals surface area contributed by atoms with E-state index in [1.807, 2.05) is 4.90 Å². The van der Waals surface area contributed by atoms with Gasteiger partial charge >= 0.3 is 0 Å². The molecule has 148 valence electrons. The first-order valence-electron chi connectivity index (χ1n) is 10.6. The van der Waals surface area contributed by atoms with Gasteiger partial charge in [-0.2, -0.15) is 0 Å². The van der Waals surface area contributed by atoms with Crippen molar-refractivity contribution in [1.29, 1.82) is 0 Å². The van der Waals surface area contributed by atoms with Crippen molar-refractivity contribution < 1.29 is 9.53 Å². The normalized spacial score (nSPS) is 26.6. The number of nitrogens with one attached hydrogen (secondary N) is 1. The Morgan fingerprint density at radius 2 is 1.85 bits per heavy atom. The van der Waals surface area contributed by atoms with Crippen molar-refractivity contribution in [2.75, 3.05) is 36.0 Å². The molecule has 27 heavy (non-hydrogen) atoms. The standard InChI is InChI=1S/C22H33N3O2/c1-22(2)16-18(10-14-27-22)23-17-8-12-24(13-9-17)19-5-3-6-20(15-19)25-11-4-7-21(25)26/h3,5-6,15,17-18,23H,4,7-14,16H2,1-2H3. The summed E-state index contributed by atoms with van der Waals surface area (Å²) >= 11 is 0. The molecule has 1 atom stereocenters. The number of piperidine rings is 1. The molecule has 1 aromatic carbocycles. The summed E-state index contributed by atoms with van der Waals surface area (Å²) in [4.78, 5) is 16.4. The van der Waals surface area contributed by atoms with Gasteiger partial charge in [-0.3, -0.25) is 4.79 Å². The molecule has 5 heteroatoms. The Labute approximate surface area is 163 Å². The first kappa shape index (κ1) is 18.8. The summed E-state index contributed by atoms with van der Waals surface area (Å²) in [5, 5.41) is 3.89. The Balaban J connectivity index is 1.32. The van der Waals surface area contributed by atoms with Gasteiger partial charge in [-0.15, -0.1) is 0 Å². The average Bonchev–Trinajstić information content (AvgIpc) is 3.08. The van der Waals surface area contributed by atoms with Crippen LogP contribution in [0.5, 0.6) is 0 Å². The molecule has 0 radical (unpaired) electrons. The number of carbonyl (C=O) groups excluding carboxylic acids is 1. The lowest BCUT2D eigenvalue weighted by Gasteiger charge is -2.40. The number of ether oxygens (including phenoxy) is 1. The maximum atomic E-state index is 12.0. The Morgan fingerprint density at radius 3 is 2.56 bits per heavy atom. The van der Waals surface area contributed by atoms with Gasteiger partial charge in [0.1, 0.15) is 0 Å². The van der Waals surface area contributed by atoms with Gasteiger partial charge in [-0.25, -0.2) is 0 Å². The minimum Gasteiger partial charge on any atom is -0.375 e. The van der Waals surface area contributed by atoms with Crippen molar-refractivity contribution in [2.24, 2.45) is 0 Å². The lowest BCUT2D eigenvalue weighted by molar-refractivity contribution is -0.117. The molecule has 1 N–H and O–H groups in total. The van der Waals surface area contributed by atoms with Crippen molar-refractivity contribution in [2.45, 2.75) is 70.1 Å². The molecular formula is C22H33N3O2. The molecule has 0 bridgehead atoms. The van der Waals surface area contributed by atoms with E-state index in [2.05, 4.69) is 48.3 Å². The van der Waals surface area contributed by atoms with Gasteiger partial charge in [0.25, 0.3) is 0 Å². The van der Waals surface area contributed by atoms with Crippen molar-refractivity contribution in [3.63, 3.8) is 0 Å². The second-order valence-electron chi connectivity index (χ2n) is 8.89. The maximum Gasteiger partial charge on any atom is 0.227 e. The molecule has 0 saturated carbocycles. The number of carbonyl (C=O) groups is 1. The van der Waals surface area contributed by atoms with Crippen LogP contribution in [0, 0.1) is 0 Å². The van der Waals surface area contributed by atoms with Gasteiger partial charge in [0.2, 0.25) is 5.91 Å². The monoisotopic (exact) mass is 371 g/mol. The number of anilines is 2. The van der Waals surface area contributed by atoms with Crippen LogP contribution in [0.1, 0.15) is 52.4 Å². The summed E-state index contributed by atoms with van der Waals surface area (Å²) in [7, 11) is 0. The minimum atomic E-state index is 0.00403. The van der Waals surface area contributed by atoms with E-state index in [1.54, 1.807) is 0 Å². The summed E-state index contributed by atoms with van der Waals surface area (Å²) < 4.78 is 5.84. The zero-order valence-corrected chi connectivity index (χ0v) is 16.7. The third-order valence-electron chi connectivity index (χ3n) is 6.24. The third-order valence-corrected chi connectivity index (χ3v) is 6.24. The molecule has 3 saturated heterocycles. The summed E-state index contributed by atoms with van der Waals surface area (Å²) in [6, 6.07) is 9.70. The number of rotatable bonds is 4. The molecule has 3 aliphatic heterocycles. The van der Waals surface area contributed by atoms with E-state index in [1.165, 1.54) is 18.5 Å². The third kappa shape index (κ3) is 4.46. The number of hydrogen-bond donors (Lipinski definition) is 1. The topological polar surface area (TPSA) is 44.8 Å². The van der Waals surface area contributed by atoms with Crippen molar-refractivity contribution >= 4 is 17.3 Å². The summed E-state index contributed by atoms with van der Waals surface area (Å²) in [5.41, 5.74) is 2.31. The highest BCUT2D eigenvalue weighted by molar-refractivity contribution is 5.95. The molecular weight excluding hydrogens is 338 g/mol. The van der Waals surface area contributed by atoms with E-state index in [-0.39, 0.29) is 11.5 Å². The van der Waals surface area contributed by atoms with Crippen LogP contribution in [0.3, 0.4) is 0 Å². The lowest BCUT2D eigenvalue weighted by atomic mass is 9.92. The van der Waals surface area contributed by atoms with E-state index in [0.717, 1.165) is 51.2 Å². The highest BCUT2D eigenvalue weighted by Gasteiger charge is 2.31. The Kier molecular flexibility index (Phi) is 5.42. The van der Waals surface area contributed by atoms with Crippen LogP contribution in [0.25, 0.3) is 0 Å². The van der Waals surface area contributed by atoms with E-state index in [0.29, 0.717) is 18.5 Å². The van der Waals surface area contributed by atoms with Gasteiger partial charge in [0.05, 0.1) is 5.60 Å². The molecule has 0 aromatic heterocycles. The molecule has 1 unspecified atom stereocenters. The zero-order valence-electron chi connectivity index (χ0n) is 16.7. The van der Waals surface area contributed by atoms with Gasteiger partial charge in [0, 0.05) is 56.1 Å². The van der Waals surface area contributed by atoms with E-state index in [9.17, 15) is 4.79 Å². The van der Waals surface area contributed by atoms with Crippen LogP contribution < -0.4 is 15.1 Å². The van der Waals surface area contributed by atoms with Crippen LogP contribution in [0.15, 0.2) is 24.3 Å². The quantitative estimate of drug-likeness (QED) is 0.882. The van der Waals surface area contributed by atoms with E-state index >= 15 is 0 Å². The molecule has 3 heterocycles. The van der Waals surface area contributed by atoms with Crippen LogP contribution in [0.2, 0.25) is 0 Å². The zero-order chi connectivity index (χ0) is 18.9. The van der Waals surface area contributed by atoms with Gasteiger partial charge in [0.15, 0.2) is 0 Å². The first-order chi connectivity index (χ1) is 13.0. The van der Waals surface area contributed by atoms with Crippen molar-refractivity contribution in [1.82, 2.24) is 5.32 Å². The SMILES string of the molecule is CC1(C)CC(NC2CCN(c3cccc(N4CCCC4=O)c3)CC2)CCO1. The summed E-state index contributed by atoms with van der Waals surface area (Å²) in [5.74, 6) is 0.259. The van der Waals surface area contributed by atoms with Crippen LogP contribution in [0.4, 0.5) is 11.4 Å². The predicted octanol–water partition coefficient (Wildman–Crippen LogP) is 3.33. The van der Waals surface area contributed by atoms with Crippen LogP contribution in [-0.4, -0.2) is 49.8 Å². The van der Waals surface area contributed by atoms with Gasteiger partial charge < -0.3 is 19.9 Å². The fourth-order valence-electron chi connectivity index (χ4n) is 4.79. The molecule has 5 nitrogen and oxygen atoms in total. The molecule has 1 amide bonds. The number of benzene rings is 1. The number of nitrogens with zero attached hydrogens (tertiary/aromatic N) is 2. The largest absolute Gasteiger partial charge is 0.375 e. The average molecular weight is 372 g/mol.